The molecule has 3 N–H and O–H groups in total. The lowest BCUT2D eigenvalue weighted by Gasteiger charge is -2.36. The Labute approximate surface area is 170 Å². The van der Waals surface area contributed by atoms with Gasteiger partial charge in [-0.05, 0) is 50.9 Å². The summed E-state index contributed by atoms with van der Waals surface area (Å²) in [6, 6.07) is 1.58. The highest BCUT2D eigenvalue weighted by Gasteiger charge is 2.28. The van der Waals surface area contributed by atoms with Crippen molar-refractivity contribution in [3.63, 3.8) is 0 Å². The van der Waals surface area contributed by atoms with Crippen molar-refractivity contribution < 1.29 is 4.39 Å². The lowest BCUT2D eigenvalue weighted by molar-refractivity contribution is 0.276. The minimum atomic E-state index is -0.386. The summed E-state index contributed by atoms with van der Waals surface area (Å²) >= 11 is 0. The SMILES string of the molecule is Cn1ncc(-c2nc(N[C@H]3CC[C@H](NC4CNC4)CC3)ncc2F)c1CC1CC1. The molecule has 3 fully saturated rings. The fraction of sp³-hybridized carbons (Fsp3) is 0.667. The Hall–Kier alpha value is -2.06. The van der Waals surface area contributed by atoms with Crippen molar-refractivity contribution in [2.75, 3.05) is 18.4 Å². The highest BCUT2D eigenvalue weighted by atomic mass is 19.1. The van der Waals surface area contributed by atoms with E-state index in [0.717, 1.165) is 56.5 Å². The van der Waals surface area contributed by atoms with Crippen molar-refractivity contribution in [3.8, 4) is 11.3 Å². The zero-order chi connectivity index (χ0) is 19.8. The molecule has 7 nitrogen and oxygen atoms in total. The van der Waals surface area contributed by atoms with Crippen molar-refractivity contribution >= 4 is 5.95 Å². The maximum absolute atomic E-state index is 14.6. The number of rotatable bonds is 7. The quantitative estimate of drug-likeness (QED) is 0.663. The van der Waals surface area contributed by atoms with Gasteiger partial charge in [-0.15, -0.1) is 0 Å². The van der Waals surface area contributed by atoms with E-state index in [2.05, 4.69) is 31.0 Å². The first-order valence-corrected chi connectivity index (χ1v) is 10.9. The first-order valence-electron chi connectivity index (χ1n) is 10.9. The van der Waals surface area contributed by atoms with E-state index in [0.29, 0.717) is 35.7 Å². The van der Waals surface area contributed by atoms with E-state index in [-0.39, 0.29) is 5.82 Å². The van der Waals surface area contributed by atoms with Crippen LogP contribution in [0.3, 0.4) is 0 Å². The van der Waals surface area contributed by atoms with Crippen molar-refractivity contribution in [2.24, 2.45) is 13.0 Å². The molecule has 0 amide bonds. The molecule has 3 aliphatic rings. The van der Waals surface area contributed by atoms with Crippen LogP contribution in [-0.4, -0.2) is 51.0 Å². The van der Waals surface area contributed by atoms with Crippen LogP contribution >= 0.6 is 0 Å². The standard InChI is InChI=1S/C21H30FN7/c1-29-19(8-13-2-3-13)17(11-25-29)20-18(22)12-24-21(28-20)27-15-6-4-14(5-7-15)26-16-9-23-10-16/h11-16,23,26H,2-10H2,1H3,(H,24,27,28)/t14-,15-. The third-order valence-electron chi connectivity index (χ3n) is 6.55. The Morgan fingerprint density at radius 1 is 1.07 bits per heavy atom. The van der Waals surface area contributed by atoms with E-state index in [1.54, 1.807) is 6.20 Å². The number of aromatic nitrogens is 4. The average molecular weight is 400 g/mol. The van der Waals surface area contributed by atoms with E-state index >= 15 is 0 Å². The van der Waals surface area contributed by atoms with Gasteiger partial charge in [0.1, 0.15) is 5.69 Å². The van der Waals surface area contributed by atoms with Gasteiger partial charge >= 0.3 is 0 Å². The normalized spacial score (nSPS) is 25.0. The van der Waals surface area contributed by atoms with Crippen molar-refractivity contribution in [1.29, 1.82) is 0 Å². The minimum absolute atomic E-state index is 0.339. The van der Waals surface area contributed by atoms with Crippen molar-refractivity contribution in [3.05, 3.63) is 23.9 Å². The van der Waals surface area contributed by atoms with Crippen LogP contribution < -0.4 is 16.0 Å². The Morgan fingerprint density at radius 3 is 2.52 bits per heavy atom. The highest BCUT2D eigenvalue weighted by molar-refractivity contribution is 5.63. The number of nitrogens with one attached hydrogen (secondary N) is 3. The predicted molar refractivity (Wildman–Crippen MR) is 110 cm³/mol. The lowest BCUT2D eigenvalue weighted by Crippen LogP contribution is -2.58. The van der Waals surface area contributed by atoms with Crippen LogP contribution in [0.2, 0.25) is 0 Å². The number of anilines is 1. The van der Waals surface area contributed by atoms with Gasteiger partial charge in [0.15, 0.2) is 5.82 Å². The molecule has 0 unspecified atom stereocenters. The second-order valence-corrected chi connectivity index (χ2v) is 8.88. The van der Waals surface area contributed by atoms with E-state index < -0.39 is 0 Å². The summed E-state index contributed by atoms with van der Waals surface area (Å²) in [6.45, 7) is 2.17. The minimum Gasteiger partial charge on any atom is -0.351 e. The van der Waals surface area contributed by atoms with Gasteiger partial charge in [0.2, 0.25) is 5.95 Å². The molecule has 0 spiro atoms. The first kappa shape index (κ1) is 18.9. The Kier molecular flexibility index (Phi) is 5.22. The maximum Gasteiger partial charge on any atom is 0.223 e. The molecule has 0 atom stereocenters. The van der Waals surface area contributed by atoms with Crippen LogP contribution in [0, 0.1) is 11.7 Å². The molecule has 5 rings (SSSR count). The molecule has 0 aromatic carbocycles. The maximum atomic E-state index is 14.6. The zero-order valence-corrected chi connectivity index (χ0v) is 17.0. The Bertz CT molecular complexity index is 851. The summed E-state index contributed by atoms with van der Waals surface area (Å²) < 4.78 is 16.4. The summed E-state index contributed by atoms with van der Waals surface area (Å²) in [7, 11) is 1.92. The van der Waals surface area contributed by atoms with Gasteiger partial charge in [-0.1, -0.05) is 0 Å². The molecule has 3 heterocycles. The molecule has 0 bridgehead atoms. The lowest BCUT2D eigenvalue weighted by atomic mass is 9.90. The van der Waals surface area contributed by atoms with Gasteiger partial charge in [0.05, 0.1) is 12.4 Å². The van der Waals surface area contributed by atoms with E-state index in [1.165, 1.54) is 19.0 Å². The smallest absolute Gasteiger partial charge is 0.223 e. The van der Waals surface area contributed by atoms with Crippen LogP contribution in [0.4, 0.5) is 10.3 Å². The van der Waals surface area contributed by atoms with Gasteiger partial charge in [-0.2, -0.15) is 5.10 Å². The molecular formula is C21H30FN7. The molecule has 2 aromatic heterocycles. The van der Waals surface area contributed by atoms with Crippen molar-refractivity contribution in [1.82, 2.24) is 30.4 Å². The molecule has 2 aromatic rings. The van der Waals surface area contributed by atoms with Crippen LogP contribution in [0.15, 0.2) is 12.4 Å². The van der Waals surface area contributed by atoms with Gasteiger partial charge in [-0.25, -0.2) is 14.4 Å². The van der Waals surface area contributed by atoms with Gasteiger partial charge in [0, 0.05) is 49.5 Å². The number of aryl methyl sites for hydroxylation is 1. The average Bonchev–Trinajstić information content (AvgIpc) is 3.44. The molecule has 2 saturated carbocycles. The Balaban J connectivity index is 1.25. The number of hydrogen-bond acceptors (Lipinski definition) is 6. The fourth-order valence-corrected chi connectivity index (χ4v) is 4.45. The third kappa shape index (κ3) is 4.28. The zero-order valence-electron chi connectivity index (χ0n) is 17.0. The van der Waals surface area contributed by atoms with E-state index in [1.807, 2.05) is 11.7 Å². The highest BCUT2D eigenvalue weighted by Crippen LogP contribution is 2.36. The largest absolute Gasteiger partial charge is 0.351 e. The summed E-state index contributed by atoms with van der Waals surface area (Å²) in [6.07, 6.45) is 10.9. The molecule has 1 saturated heterocycles. The number of nitrogens with zero attached hydrogens (tertiary/aromatic N) is 4. The number of hydrogen-bond donors (Lipinski definition) is 3. The molecule has 1 aliphatic heterocycles. The molecular weight excluding hydrogens is 369 g/mol. The van der Waals surface area contributed by atoms with Crippen LogP contribution in [-0.2, 0) is 13.5 Å². The van der Waals surface area contributed by atoms with E-state index in [4.69, 9.17) is 0 Å². The molecule has 29 heavy (non-hydrogen) atoms. The summed E-state index contributed by atoms with van der Waals surface area (Å²) in [5, 5.41) is 14.8. The topological polar surface area (TPSA) is 79.7 Å². The van der Waals surface area contributed by atoms with Crippen LogP contribution in [0.25, 0.3) is 11.3 Å². The van der Waals surface area contributed by atoms with Crippen molar-refractivity contribution in [2.45, 2.75) is 63.1 Å². The predicted octanol–water partition coefficient (Wildman–Crippen LogP) is 2.25. The van der Waals surface area contributed by atoms with Crippen LogP contribution in [0.1, 0.15) is 44.2 Å². The second-order valence-electron chi connectivity index (χ2n) is 8.88. The summed E-state index contributed by atoms with van der Waals surface area (Å²) in [4.78, 5) is 8.76. The molecule has 0 radical (unpaired) electrons. The summed E-state index contributed by atoms with van der Waals surface area (Å²) in [5.41, 5.74) is 2.22. The third-order valence-corrected chi connectivity index (χ3v) is 6.55. The monoisotopic (exact) mass is 399 g/mol. The van der Waals surface area contributed by atoms with Gasteiger partial charge < -0.3 is 16.0 Å². The second kappa shape index (κ2) is 7.99. The first-order chi connectivity index (χ1) is 14.2. The van der Waals surface area contributed by atoms with Gasteiger partial charge in [-0.3, -0.25) is 4.68 Å². The summed E-state index contributed by atoms with van der Waals surface area (Å²) in [5.74, 6) is 0.830. The van der Waals surface area contributed by atoms with Gasteiger partial charge in [0.25, 0.3) is 0 Å². The van der Waals surface area contributed by atoms with E-state index in [9.17, 15) is 4.39 Å². The Morgan fingerprint density at radius 2 is 1.83 bits per heavy atom. The molecule has 8 heteroatoms. The number of halogens is 1. The van der Waals surface area contributed by atoms with Crippen LogP contribution in [0.5, 0.6) is 0 Å². The molecule has 156 valence electrons. The fourth-order valence-electron chi connectivity index (χ4n) is 4.45. The molecule has 2 aliphatic carbocycles.